The number of rotatable bonds is 6. The molecule has 2 amide bonds. The van der Waals surface area contributed by atoms with Gasteiger partial charge in [-0.3, -0.25) is 14.4 Å². The van der Waals surface area contributed by atoms with E-state index in [1.807, 2.05) is 42.6 Å². The minimum absolute atomic E-state index is 0.378. The Balaban J connectivity index is 1.38. The van der Waals surface area contributed by atoms with E-state index in [-0.39, 0.29) is 5.78 Å². The lowest BCUT2D eigenvalue weighted by Gasteiger charge is -2.10. The fraction of sp³-hybridized carbons (Fsp3) is 0.182. The Morgan fingerprint density at radius 3 is 2.48 bits per heavy atom. The lowest BCUT2D eigenvalue weighted by Crippen LogP contribution is -2.33. The third kappa shape index (κ3) is 4.08. The Morgan fingerprint density at radius 2 is 1.79 bits per heavy atom. The van der Waals surface area contributed by atoms with Crippen LogP contribution in [0, 0.1) is 5.92 Å². The molecule has 1 aromatic heterocycles. The summed E-state index contributed by atoms with van der Waals surface area (Å²) in [7, 11) is 0. The van der Waals surface area contributed by atoms with Crippen LogP contribution in [0.25, 0.3) is 5.69 Å². The highest BCUT2D eigenvalue weighted by Gasteiger charge is 2.45. The van der Waals surface area contributed by atoms with Crippen molar-refractivity contribution in [1.29, 1.82) is 0 Å². The Morgan fingerprint density at radius 1 is 1.03 bits per heavy atom. The number of carbonyl (C=O) groups is 3. The van der Waals surface area contributed by atoms with E-state index in [4.69, 9.17) is 0 Å². The van der Waals surface area contributed by atoms with Gasteiger partial charge in [-0.15, -0.1) is 0 Å². The van der Waals surface area contributed by atoms with Crippen LogP contribution in [0.3, 0.4) is 0 Å². The molecular weight excluding hydrogens is 368 g/mol. The van der Waals surface area contributed by atoms with Crippen LogP contribution in [0.15, 0.2) is 73.1 Å². The normalized spacial score (nSPS) is 18.5. The van der Waals surface area contributed by atoms with Crippen molar-refractivity contribution in [2.24, 2.45) is 5.92 Å². The molecule has 2 atom stereocenters. The van der Waals surface area contributed by atoms with Crippen LogP contribution in [0.2, 0.25) is 0 Å². The lowest BCUT2D eigenvalue weighted by atomic mass is 9.97. The number of amides is 2. The second-order valence-corrected chi connectivity index (χ2v) is 6.91. The van der Waals surface area contributed by atoms with Crippen LogP contribution >= 0.6 is 0 Å². The summed E-state index contributed by atoms with van der Waals surface area (Å²) in [6, 6.07) is 17.9. The number of aromatic nitrogens is 2. The first-order chi connectivity index (χ1) is 14.1. The van der Waals surface area contributed by atoms with E-state index in [2.05, 4.69) is 15.7 Å². The van der Waals surface area contributed by atoms with Crippen molar-refractivity contribution in [3.63, 3.8) is 0 Å². The molecule has 0 radical (unpaired) electrons. The van der Waals surface area contributed by atoms with Crippen LogP contribution in [-0.2, 0) is 20.8 Å². The van der Waals surface area contributed by atoms with E-state index >= 15 is 0 Å². The number of hydrogen-bond donors (Lipinski definition) is 2. The summed E-state index contributed by atoms with van der Waals surface area (Å²) in [6.45, 7) is 0. The summed E-state index contributed by atoms with van der Waals surface area (Å²) in [5.74, 6) is -2.85. The molecule has 2 heterocycles. The molecule has 4 rings (SSSR count). The molecule has 1 aliphatic rings. The monoisotopic (exact) mass is 388 g/mol. The van der Waals surface area contributed by atoms with Gasteiger partial charge in [-0.25, -0.2) is 4.68 Å². The van der Waals surface area contributed by atoms with Crippen LogP contribution < -0.4 is 10.6 Å². The molecular formula is C22H20N4O3. The number of carbonyl (C=O) groups excluding carboxylic acids is 3. The van der Waals surface area contributed by atoms with Gasteiger partial charge in [-0.2, -0.15) is 5.10 Å². The van der Waals surface area contributed by atoms with E-state index in [9.17, 15) is 14.4 Å². The second kappa shape index (κ2) is 8.10. The van der Waals surface area contributed by atoms with E-state index in [1.165, 1.54) is 0 Å². The SMILES string of the molecule is O=C(Nc1ccc(-n2cccn2)cc1)C1C(=O)NC(CCc2ccccc2)C1=O. The number of nitrogens with zero attached hydrogens (tertiary/aromatic N) is 2. The van der Waals surface area contributed by atoms with Crippen molar-refractivity contribution in [2.45, 2.75) is 18.9 Å². The molecule has 0 bridgehead atoms. The van der Waals surface area contributed by atoms with E-state index < -0.39 is 23.8 Å². The number of anilines is 1. The average molecular weight is 388 g/mol. The summed E-state index contributed by atoms with van der Waals surface area (Å²) in [6.07, 6.45) is 4.61. The molecule has 146 valence electrons. The summed E-state index contributed by atoms with van der Waals surface area (Å²) >= 11 is 0. The van der Waals surface area contributed by atoms with Gasteiger partial charge in [-0.1, -0.05) is 30.3 Å². The summed E-state index contributed by atoms with van der Waals surface area (Å²) in [5.41, 5.74) is 2.43. The molecule has 0 aliphatic carbocycles. The molecule has 0 saturated carbocycles. The minimum atomic E-state index is -1.32. The zero-order valence-electron chi connectivity index (χ0n) is 15.6. The molecule has 29 heavy (non-hydrogen) atoms. The van der Waals surface area contributed by atoms with Crippen molar-refractivity contribution in [1.82, 2.24) is 15.1 Å². The predicted octanol–water partition coefficient (Wildman–Crippen LogP) is 2.13. The smallest absolute Gasteiger partial charge is 0.244 e. The summed E-state index contributed by atoms with van der Waals surface area (Å²) in [5, 5.41) is 9.46. The highest BCUT2D eigenvalue weighted by atomic mass is 16.2. The van der Waals surface area contributed by atoms with Gasteiger partial charge in [0, 0.05) is 18.1 Å². The van der Waals surface area contributed by atoms with Gasteiger partial charge in [0.15, 0.2) is 11.7 Å². The fourth-order valence-corrected chi connectivity index (χ4v) is 3.41. The molecule has 2 aromatic carbocycles. The summed E-state index contributed by atoms with van der Waals surface area (Å²) in [4.78, 5) is 37.4. The number of aryl methyl sites for hydroxylation is 1. The first-order valence-electron chi connectivity index (χ1n) is 9.41. The van der Waals surface area contributed by atoms with Crippen LogP contribution in [0.1, 0.15) is 12.0 Å². The molecule has 2 N–H and O–H groups in total. The van der Waals surface area contributed by atoms with Crippen LogP contribution in [0.5, 0.6) is 0 Å². The van der Waals surface area contributed by atoms with Gasteiger partial charge in [0.25, 0.3) is 0 Å². The van der Waals surface area contributed by atoms with E-state index in [0.717, 1.165) is 11.3 Å². The van der Waals surface area contributed by atoms with Gasteiger partial charge in [0.05, 0.1) is 11.7 Å². The third-order valence-corrected chi connectivity index (χ3v) is 4.94. The van der Waals surface area contributed by atoms with Crippen LogP contribution in [0.4, 0.5) is 5.69 Å². The molecule has 3 aromatic rings. The fourth-order valence-electron chi connectivity index (χ4n) is 3.41. The maximum atomic E-state index is 12.6. The molecule has 0 spiro atoms. The standard InChI is InChI=1S/C22H20N4O3/c27-20-18(12-7-15-5-2-1-3-6-15)25-22(29)19(20)21(28)24-16-8-10-17(11-9-16)26-14-4-13-23-26/h1-6,8-11,13-14,18-19H,7,12H2,(H,24,28)(H,25,29). The molecule has 1 saturated heterocycles. The number of ketones is 1. The Hall–Kier alpha value is -3.74. The second-order valence-electron chi connectivity index (χ2n) is 6.91. The molecule has 7 heteroatoms. The highest BCUT2D eigenvalue weighted by molar-refractivity contribution is 6.26. The molecule has 7 nitrogen and oxygen atoms in total. The highest BCUT2D eigenvalue weighted by Crippen LogP contribution is 2.19. The first kappa shape index (κ1) is 18.6. The number of nitrogens with one attached hydrogen (secondary N) is 2. The van der Waals surface area contributed by atoms with Gasteiger partial charge < -0.3 is 10.6 Å². The topological polar surface area (TPSA) is 93.1 Å². The number of Topliss-reactive ketones (excluding diaryl/α,β-unsaturated/α-hetero) is 1. The van der Waals surface area contributed by atoms with Crippen molar-refractivity contribution in [3.8, 4) is 5.69 Å². The number of hydrogen-bond acceptors (Lipinski definition) is 4. The van der Waals surface area contributed by atoms with Gasteiger partial charge in [0.2, 0.25) is 11.8 Å². The lowest BCUT2D eigenvalue weighted by molar-refractivity contribution is -0.135. The Labute approximate surface area is 167 Å². The molecule has 1 fully saturated rings. The predicted molar refractivity (Wildman–Crippen MR) is 107 cm³/mol. The van der Waals surface area contributed by atoms with Crippen LogP contribution in [-0.4, -0.2) is 33.4 Å². The largest absolute Gasteiger partial charge is 0.345 e. The average Bonchev–Trinajstić information content (AvgIpc) is 3.36. The number of benzene rings is 2. The first-order valence-corrected chi connectivity index (χ1v) is 9.41. The van der Waals surface area contributed by atoms with Gasteiger partial charge in [-0.05, 0) is 48.7 Å². The van der Waals surface area contributed by atoms with Gasteiger partial charge >= 0.3 is 0 Å². The Kier molecular flexibility index (Phi) is 5.20. The maximum absolute atomic E-state index is 12.6. The molecule has 1 aliphatic heterocycles. The van der Waals surface area contributed by atoms with Crippen molar-refractivity contribution < 1.29 is 14.4 Å². The zero-order chi connectivity index (χ0) is 20.2. The van der Waals surface area contributed by atoms with Crippen molar-refractivity contribution in [2.75, 3.05) is 5.32 Å². The third-order valence-electron chi connectivity index (χ3n) is 4.94. The zero-order valence-corrected chi connectivity index (χ0v) is 15.6. The van der Waals surface area contributed by atoms with Crippen molar-refractivity contribution >= 4 is 23.3 Å². The summed E-state index contributed by atoms with van der Waals surface area (Å²) < 4.78 is 1.69. The van der Waals surface area contributed by atoms with Crippen molar-refractivity contribution in [3.05, 3.63) is 78.6 Å². The minimum Gasteiger partial charge on any atom is -0.345 e. The Bertz CT molecular complexity index is 1010. The maximum Gasteiger partial charge on any atom is 0.244 e. The van der Waals surface area contributed by atoms with Gasteiger partial charge in [0.1, 0.15) is 0 Å². The quantitative estimate of drug-likeness (QED) is 0.633. The van der Waals surface area contributed by atoms with E-state index in [1.54, 1.807) is 35.1 Å². The molecule has 2 unspecified atom stereocenters. The van der Waals surface area contributed by atoms with E-state index in [0.29, 0.717) is 18.5 Å².